The summed E-state index contributed by atoms with van der Waals surface area (Å²) in [5.41, 5.74) is 0.810. The van der Waals surface area contributed by atoms with Crippen LogP contribution in [0.5, 0.6) is 0 Å². The second kappa shape index (κ2) is 4.19. The number of nitrogens with zero attached hydrogens (tertiary/aromatic N) is 1. The lowest BCUT2D eigenvalue weighted by Crippen LogP contribution is -2.56. The molecule has 90 valence electrons. The van der Waals surface area contributed by atoms with Crippen molar-refractivity contribution in [3.63, 3.8) is 0 Å². The first-order valence-electron chi connectivity index (χ1n) is 5.62. The van der Waals surface area contributed by atoms with E-state index in [0.717, 1.165) is 29.4 Å². The molecule has 1 N–H and O–H groups in total. The lowest BCUT2D eigenvalue weighted by Gasteiger charge is -2.41. The first-order chi connectivity index (χ1) is 8.22. The van der Waals surface area contributed by atoms with Crippen LogP contribution in [0.4, 0.5) is 0 Å². The van der Waals surface area contributed by atoms with Gasteiger partial charge in [-0.3, -0.25) is 10.1 Å². The first-order valence-corrected chi connectivity index (χ1v) is 7.15. The SMILES string of the molecule is O=C1CSCC2(c3ccc(Cl)cc3)NCCN12. The van der Waals surface area contributed by atoms with E-state index in [1.54, 1.807) is 11.8 Å². The van der Waals surface area contributed by atoms with E-state index in [9.17, 15) is 4.79 Å². The highest BCUT2D eigenvalue weighted by atomic mass is 35.5. The molecule has 1 atom stereocenters. The lowest BCUT2D eigenvalue weighted by atomic mass is 10.0. The summed E-state index contributed by atoms with van der Waals surface area (Å²) >= 11 is 7.60. The summed E-state index contributed by atoms with van der Waals surface area (Å²) in [6.45, 7) is 1.65. The Kier molecular flexibility index (Phi) is 2.81. The highest BCUT2D eigenvalue weighted by molar-refractivity contribution is 8.00. The van der Waals surface area contributed by atoms with Gasteiger partial charge in [0.25, 0.3) is 0 Å². The monoisotopic (exact) mass is 268 g/mol. The van der Waals surface area contributed by atoms with E-state index in [0.29, 0.717) is 5.75 Å². The topological polar surface area (TPSA) is 32.3 Å². The van der Waals surface area contributed by atoms with Crippen molar-refractivity contribution in [3.05, 3.63) is 34.9 Å². The smallest absolute Gasteiger partial charge is 0.234 e. The minimum atomic E-state index is -0.315. The predicted octanol–water partition coefficient (Wildman–Crippen LogP) is 1.67. The number of carbonyl (C=O) groups is 1. The Morgan fingerprint density at radius 3 is 2.88 bits per heavy atom. The number of hydrogen-bond acceptors (Lipinski definition) is 3. The number of hydrogen-bond donors (Lipinski definition) is 1. The third-order valence-electron chi connectivity index (χ3n) is 3.37. The van der Waals surface area contributed by atoms with E-state index >= 15 is 0 Å². The van der Waals surface area contributed by atoms with Gasteiger partial charge in [0.1, 0.15) is 5.66 Å². The number of carbonyl (C=O) groups excluding carboxylic acids is 1. The van der Waals surface area contributed by atoms with E-state index in [1.807, 2.05) is 29.2 Å². The normalized spacial score (nSPS) is 28.3. The minimum Gasteiger partial charge on any atom is -0.317 e. The molecular weight excluding hydrogens is 256 g/mol. The molecule has 2 saturated heterocycles. The van der Waals surface area contributed by atoms with Crippen LogP contribution in [0.15, 0.2) is 24.3 Å². The molecule has 0 spiro atoms. The number of rotatable bonds is 1. The largest absolute Gasteiger partial charge is 0.317 e. The van der Waals surface area contributed by atoms with Gasteiger partial charge < -0.3 is 4.90 Å². The molecule has 0 radical (unpaired) electrons. The van der Waals surface area contributed by atoms with Crippen molar-refractivity contribution in [1.29, 1.82) is 0 Å². The van der Waals surface area contributed by atoms with E-state index < -0.39 is 0 Å². The highest BCUT2D eigenvalue weighted by Gasteiger charge is 2.47. The van der Waals surface area contributed by atoms with Crippen LogP contribution in [-0.2, 0) is 10.5 Å². The van der Waals surface area contributed by atoms with Gasteiger partial charge in [-0.25, -0.2) is 0 Å². The fourth-order valence-corrected chi connectivity index (χ4v) is 3.84. The first kappa shape index (κ1) is 11.4. The summed E-state index contributed by atoms with van der Waals surface area (Å²) in [7, 11) is 0. The van der Waals surface area contributed by atoms with Gasteiger partial charge in [0.05, 0.1) is 5.75 Å². The van der Waals surface area contributed by atoms with E-state index in [4.69, 9.17) is 11.6 Å². The molecule has 0 bridgehead atoms. The average molecular weight is 269 g/mol. The predicted molar refractivity (Wildman–Crippen MR) is 70.2 cm³/mol. The van der Waals surface area contributed by atoms with Gasteiger partial charge in [0.2, 0.25) is 5.91 Å². The maximum Gasteiger partial charge on any atom is 0.234 e. The Bertz CT molecular complexity index is 450. The quantitative estimate of drug-likeness (QED) is 0.841. The third kappa shape index (κ3) is 1.75. The van der Waals surface area contributed by atoms with Crippen molar-refractivity contribution in [1.82, 2.24) is 10.2 Å². The second-order valence-corrected chi connectivity index (χ2v) is 5.75. The van der Waals surface area contributed by atoms with Gasteiger partial charge in [0, 0.05) is 23.9 Å². The Morgan fingerprint density at radius 2 is 2.12 bits per heavy atom. The van der Waals surface area contributed by atoms with Crippen molar-refractivity contribution in [2.45, 2.75) is 5.66 Å². The number of amides is 1. The number of thioether (sulfide) groups is 1. The fourth-order valence-electron chi connectivity index (χ4n) is 2.56. The Labute approximate surface area is 110 Å². The van der Waals surface area contributed by atoms with Crippen molar-refractivity contribution in [2.24, 2.45) is 0 Å². The van der Waals surface area contributed by atoms with Crippen LogP contribution in [0, 0.1) is 0 Å². The van der Waals surface area contributed by atoms with E-state index in [-0.39, 0.29) is 11.6 Å². The fraction of sp³-hybridized carbons (Fsp3) is 0.417. The van der Waals surface area contributed by atoms with Crippen LogP contribution in [-0.4, -0.2) is 35.4 Å². The number of nitrogens with one attached hydrogen (secondary N) is 1. The molecule has 1 amide bonds. The second-order valence-electron chi connectivity index (χ2n) is 4.33. The van der Waals surface area contributed by atoms with Gasteiger partial charge in [-0.05, 0) is 17.7 Å². The van der Waals surface area contributed by atoms with Gasteiger partial charge in [-0.15, -0.1) is 11.8 Å². The van der Waals surface area contributed by atoms with Gasteiger partial charge >= 0.3 is 0 Å². The molecular formula is C12H13ClN2OS. The molecule has 1 unspecified atom stereocenters. The van der Waals surface area contributed by atoms with Crippen LogP contribution >= 0.6 is 23.4 Å². The van der Waals surface area contributed by atoms with E-state index in [1.165, 1.54) is 0 Å². The third-order valence-corrected chi connectivity index (χ3v) is 4.70. The molecule has 3 rings (SSSR count). The van der Waals surface area contributed by atoms with Crippen LogP contribution < -0.4 is 5.32 Å². The standard InChI is InChI=1S/C12H13ClN2OS/c13-10-3-1-9(2-4-10)12-8-17-7-11(16)15(12)6-5-14-12/h1-4,14H,5-8H2. The average Bonchev–Trinajstić information content (AvgIpc) is 2.76. The van der Waals surface area contributed by atoms with Crippen LogP contribution in [0.2, 0.25) is 5.02 Å². The van der Waals surface area contributed by atoms with Crippen LogP contribution in [0.25, 0.3) is 0 Å². The number of fused-ring (bicyclic) bond motifs is 1. The summed E-state index contributed by atoms with van der Waals surface area (Å²) < 4.78 is 0. The molecule has 0 saturated carbocycles. The number of benzene rings is 1. The van der Waals surface area contributed by atoms with E-state index in [2.05, 4.69) is 5.32 Å². The highest BCUT2D eigenvalue weighted by Crippen LogP contribution is 2.37. The zero-order valence-corrected chi connectivity index (χ0v) is 10.9. The van der Waals surface area contributed by atoms with Crippen molar-refractivity contribution in [3.8, 4) is 0 Å². The number of halogens is 1. The molecule has 2 heterocycles. The Hall–Kier alpha value is -0.710. The van der Waals surface area contributed by atoms with Crippen LogP contribution in [0.3, 0.4) is 0 Å². The maximum absolute atomic E-state index is 12.0. The maximum atomic E-state index is 12.0. The Morgan fingerprint density at radius 1 is 1.35 bits per heavy atom. The molecule has 0 aliphatic carbocycles. The molecule has 2 aliphatic heterocycles. The molecule has 1 aromatic carbocycles. The van der Waals surface area contributed by atoms with Gasteiger partial charge in [-0.1, -0.05) is 23.7 Å². The summed E-state index contributed by atoms with van der Waals surface area (Å²) in [6, 6.07) is 7.78. The molecule has 2 fully saturated rings. The van der Waals surface area contributed by atoms with Crippen molar-refractivity contribution in [2.75, 3.05) is 24.6 Å². The summed E-state index contributed by atoms with van der Waals surface area (Å²) in [5.74, 6) is 1.72. The van der Waals surface area contributed by atoms with Crippen molar-refractivity contribution >= 4 is 29.3 Å². The Balaban J connectivity index is 2.03. The summed E-state index contributed by atoms with van der Waals surface area (Å²) in [4.78, 5) is 13.9. The molecule has 17 heavy (non-hydrogen) atoms. The van der Waals surface area contributed by atoms with Crippen molar-refractivity contribution < 1.29 is 4.79 Å². The zero-order valence-electron chi connectivity index (χ0n) is 9.28. The zero-order chi connectivity index (χ0) is 11.9. The minimum absolute atomic E-state index is 0.223. The van der Waals surface area contributed by atoms with Gasteiger partial charge in [0.15, 0.2) is 0 Å². The molecule has 1 aromatic rings. The molecule has 2 aliphatic rings. The lowest BCUT2D eigenvalue weighted by molar-refractivity contribution is -0.133. The summed E-state index contributed by atoms with van der Waals surface area (Å²) in [6.07, 6.45) is 0. The van der Waals surface area contributed by atoms with Crippen LogP contribution in [0.1, 0.15) is 5.56 Å². The molecule has 5 heteroatoms. The molecule has 0 aromatic heterocycles. The summed E-state index contributed by atoms with van der Waals surface area (Å²) in [5, 5.41) is 4.21. The van der Waals surface area contributed by atoms with Gasteiger partial charge in [-0.2, -0.15) is 0 Å². The molecule has 3 nitrogen and oxygen atoms in total.